The Morgan fingerprint density at radius 2 is 2.03 bits per heavy atom. The van der Waals surface area contributed by atoms with Crippen LogP contribution in [-0.2, 0) is 23.4 Å². The molecule has 0 aliphatic carbocycles. The molecule has 0 bridgehead atoms. The van der Waals surface area contributed by atoms with Gasteiger partial charge in [0.2, 0.25) is 11.8 Å². The Kier molecular flexibility index (Phi) is 9.06. The summed E-state index contributed by atoms with van der Waals surface area (Å²) in [6.45, 7) is 6.91. The van der Waals surface area contributed by atoms with Crippen LogP contribution >= 0.6 is 8.18 Å². The molecular weight excluding hydrogens is 517 g/mol. The number of ether oxygens (including phenoxy) is 3. The van der Waals surface area contributed by atoms with Gasteiger partial charge in [0.15, 0.2) is 29.2 Å². The summed E-state index contributed by atoms with van der Waals surface area (Å²) in [5.74, 6) is -3.92. The fourth-order valence-electron chi connectivity index (χ4n) is 3.84. The average molecular weight is 551 g/mol. The van der Waals surface area contributed by atoms with Crippen LogP contribution in [0.5, 0.6) is 5.88 Å². The second-order valence-electron chi connectivity index (χ2n) is 8.77. The first-order valence-electron chi connectivity index (χ1n) is 11.9. The number of nitrogens with one attached hydrogen (secondary N) is 1. The Morgan fingerprint density at radius 1 is 1.35 bits per heavy atom. The van der Waals surface area contributed by atoms with Crippen molar-refractivity contribution in [3.05, 3.63) is 6.33 Å². The van der Waals surface area contributed by atoms with Crippen molar-refractivity contribution in [2.45, 2.75) is 83.5 Å². The van der Waals surface area contributed by atoms with Crippen molar-refractivity contribution in [1.29, 1.82) is 0 Å². The molecule has 1 fully saturated rings. The lowest BCUT2D eigenvalue weighted by Crippen LogP contribution is -2.46. The molecule has 0 spiro atoms. The van der Waals surface area contributed by atoms with Crippen LogP contribution in [0.4, 0.5) is 14.7 Å². The van der Waals surface area contributed by atoms with Gasteiger partial charge in [0, 0.05) is 0 Å². The van der Waals surface area contributed by atoms with Crippen molar-refractivity contribution in [3.63, 3.8) is 0 Å². The normalized spacial score (nSPS) is 27.5. The number of hydrogen-bond acceptors (Lipinski definition) is 11. The summed E-state index contributed by atoms with van der Waals surface area (Å²) < 4.78 is 65.7. The summed E-state index contributed by atoms with van der Waals surface area (Å²) in [5, 5.41) is 12.9. The van der Waals surface area contributed by atoms with Crippen molar-refractivity contribution in [3.8, 4) is 5.88 Å². The Hall–Kier alpha value is -2.45. The number of alkyl halides is 2. The molecule has 3 rings (SSSR count). The molecule has 1 aliphatic rings. The molecule has 0 saturated carbocycles. The fraction of sp³-hybridized carbons (Fsp3) is 0.714. The molecule has 1 unspecified atom stereocenters. The molecule has 208 valence electrons. The number of carbonyl (C=O) groups excluding carboxylic acids is 1. The molecule has 2 aromatic heterocycles. The molecule has 0 amide bonds. The van der Waals surface area contributed by atoms with Crippen LogP contribution in [0.2, 0.25) is 0 Å². The van der Waals surface area contributed by atoms with E-state index in [1.807, 2.05) is 13.8 Å². The first kappa shape index (κ1) is 29.1. The Labute approximate surface area is 213 Å². The van der Waals surface area contributed by atoms with E-state index in [0.717, 1.165) is 17.8 Å². The Balaban J connectivity index is 1.73. The number of hydrogen-bond donors (Lipinski definition) is 3. The van der Waals surface area contributed by atoms with Crippen molar-refractivity contribution in [1.82, 2.24) is 24.6 Å². The predicted octanol–water partition coefficient (Wildman–Crippen LogP) is 2.21. The maximum atomic E-state index is 15.7. The van der Waals surface area contributed by atoms with Crippen molar-refractivity contribution >= 4 is 31.3 Å². The monoisotopic (exact) mass is 550 g/mol. The number of esters is 1. The molecular formula is C21H33F2N6O7P. The number of aliphatic hydroxyl groups is 1. The zero-order valence-electron chi connectivity index (χ0n) is 21.2. The van der Waals surface area contributed by atoms with Crippen LogP contribution in [0.25, 0.3) is 11.2 Å². The predicted molar refractivity (Wildman–Crippen MR) is 128 cm³/mol. The molecule has 2 aromatic rings. The van der Waals surface area contributed by atoms with Gasteiger partial charge in [0.25, 0.3) is 14.0 Å². The zero-order valence-corrected chi connectivity index (χ0v) is 22.2. The van der Waals surface area contributed by atoms with Crippen LogP contribution in [0.3, 0.4) is 0 Å². The molecule has 37 heavy (non-hydrogen) atoms. The maximum absolute atomic E-state index is 15.7. The van der Waals surface area contributed by atoms with Crippen LogP contribution in [0, 0.1) is 0 Å². The molecule has 6 atom stereocenters. The van der Waals surface area contributed by atoms with E-state index in [0.29, 0.717) is 12.8 Å². The van der Waals surface area contributed by atoms with Gasteiger partial charge in [-0.1, -0.05) is 13.8 Å². The minimum Gasteiger partial charge on any atom is -0.476 e. The maximum Gasteiger partial charge on any atom is 0.323 e. The van der Waals surface area contributed by atoms with E-state index < -0.39 is 50.7 Å². The third kappa shape index (κ3) is 6.01. The molecule has 0 radical (unpaired) electrons. The number of rotatable bonds is 12. The van der Waals surface area contributed by atoms with Crippen LogP contribution < -0.4 is 15.6 Å². The van der Waals surface area contributed by atoms with Crippen LogP contribution in [0.15, 0.2) is 6.33 Å². The van der Waals surface area contributed by atoms with Gasteiger partial charge in [-0.05, 0) is 33.6 Å². The largest absolute Gasteiger partial charge is 0.476 e. The highest BCUT2D eigenvalue weighted by Gasteiger charge is 2.65. The Morgan fingerprint density at radius 3 is 2.65 bits per heavy atom. The second kappa shape index (κ2) is 11.5. The topological polar surface area (TPSA) is 173 Å². The highest BCUT2D eigenvalue weighted by Crippen LogP contribution is 2.49. The number of nitrogens with zero attached hydrogens (tertiary/aromatic N) is 4. The highest BCUT2D eigenvalue weighted by atomic mass is 31.1. The van der Waals surface area contributed by atoms with Gasteiger partial charge < -0.3 is 29.6 Å². The number of carbonyl (C=O) groups is 1. The van der Waals surface area contributed by atoms with Gasteiger partial charge in [-0.25, -0.2) is 18.9 Å². The quantitative estimate of drug-likeness (QED) is 0.260. The number of imidazole rings is 1. The molecule has 13 nitrogen and oxygen atoms in total. The van der Waals surface area contributed by atoms with Gasteiger partial charge in [-0.15, -0.1) is 0 Å². The van der Waals surface area contributed by atoms with Crippen molar-refractivity contribution in [2.75, 3.05) is 18.9 Å². The van der Waals surface area contributed by atoms with Crippen molar-refractivity contribution in [2.24, 2.45) is 0 Å². The summed E-state index contributed by atoms with van der Waals surface area (Å²) in [5.41, 5.74) is 3.13. The van der Waals surface area contributed by atoms with E-state index in [1.54, 1.807) is 6.92 Å². The van der Waals surface area contributed by atoms with E-state index in [-0.39, 0.29) is 35.7 Å². The zero-order chi connectivity index (χ0) is 27.5. The fourth-order valence-corrected chi connectivity index (χ4v) is 4.72. The molecule has 16 heteroatoms. The van der Waals surface area contributed by atoms with E-state index in [1.165, 1.54) is 6.92 Å². The number of nitrogen functional groups attached to an aromatic ring is 1. The second-order valence-corrected chi connectivity index (χ2v) is 9.92. The highest BCUT2D eigenvalue weighted by molar-refractivity contribution is 7.36. The lowest BCUT2D eigenvalue weighted by atomic mass is 9.97. The number of halogens is 2. The average Bonchev–Trinajstić information content (AvgIpc) is 3.34. The third-order valence-electron chi connectivity index (χ3n) is 5.96. The molecule has 1 saturated heterocycles. The minimum atomic E-state index is -3.22. The molecule has 1 aliphatic heterocycles. The summed E-state index contributed by atoms with van der Waals surface area (Å²) in [6.07, 6.45) is -2.04. The lowest BCUT2D eigenvalue weighted by molar-refractivity contribution is -0.201. The van der Waals surface area contributed by atoms with E-state index >= 15 is 8.78 Å². The first-order chi connectivity index (χ1) is 17.4. The summed E-state index contributed by atoms with van der Waals surface area (Å²) in [4.78, 5) is 24.2. The van der Waals surface area contributed by atoms with E-state index in [2.05, 4.69) is 20.0 Å². The lowest BCUT2D eigenvalue weighted by Gasteiger charge is -2.25. The number of anilines is 1. The number of fused-ring (bicyclic) bond motifs is 1. The Bertz CT molecular complexity index is 1130. The smallest absolute Gasteiger partial charge is 0.323 e. The summed E-state index contributed by atoms with van der Waals surface area (Å²) in [7, 11) is -3.22. The number of nitrogens with two attached hydrogens (primary N) is 1. The summed E-state index contributed by atoms with van der Waals surface area (Å²) in [6, 6.07) is -1.02. The number of aromatic nitrogens is 4. The first-order valence-corrected chi connectivity index (χ1v) is 13.2. The van der Waals surface area contributed by atoms with Gasteiger partial charge in [-0.2, -0.15) is 9.97 Å². The van der Waals surface area contributed by atoms with Crippen LogP contribution in [0.1, 0.15) is 53.7 Å². The van der Waals surface area contributed by atoms with Gasteiger partial charge in [-0.3, -0.25) is 13.9 Å². The summed E-state index contributed by atoms with van der Waals surface area (Å²) >= 11 is 0. The van der Waals surface area contributed by atoms with E-state index in [9.17, 15) is 14.5 Å². The molecule has 0 aromatic carbocycles. The minimum absolute atomic E-state index is 0.0118. The van der Waals surface area contributed by atoms with Crippen molar-refractivity contribution < 1.29 is 42.0 Å². The van der Waals surface area contributed by atoms with Crippen LogP contribution in [-0.4, -0.2) is 73.6 Å². The molecule has 3 heterocycles. The van der Waals surface area contributed by atoms with Gasteiger partial charge >= 0.3 is 5.97 Å². The number of aliphatic hydroxyl groups excluding tert-OH is 1. The van der Waals surface area contributed by atoms with Gasteiger partial charge in [0.05, 0.1) is 12.9 Å². The van der Waals surface area contributed by atoms with Gasteiger partial charge in [0.1, 0.15) is 18.8 Å². The van der Waals surface area contributed by atoms with E-state index in [4.69, 9.17) is 24.5 Å². The third-order valence-corrected chi connectivity index (χ3v) is 7.03. The molecule has 4 N–H and O–H groups in total. The standard InChI is InChI=1S/C21H33F2N6O7P/c1-6-12(7-2)35-16(30)11(4)28-37(32)34-9-21(23)17(31)20(5,22)18(36-21)29-10-25-13-14(29)26-19(24)27-15(13)33-8-3/h10-12,17-18,31,37H,6-9H2,1-5H3,(H,28,32)(H2,24,26,27)/t11-,17-,18+,20+,21+/m0/s1. The SMILES string of the molecule is CCOc1nc(N)nc2c1ncn2[C@@H]1O[C@](F)(CO[PH](=O)N[C@@H](C)C(=O)OC(CC)CC)[C@@H](O)[C@@]1(C)F.